The van der Waals surface area contributed by atoms with Crippen LogP contribution in [0.5, 0.6) is 0 Å². The minimum absolute atomic E-state index is 0.481. The van der Waals surface area contributed by atoms with Crippen LogP contribution in [-0.2, 0) is 0 Å². The molecule has 144 valence electrons. The lowest BCUT2D eigenvalue weighted by molar-refractivity contribution is 0.462. The predicted octanol–water partition coefficient (Wildman–Crippen LogP) is 4.75. The first kappa shape index (κ1) is 18.7. The number of rotatable bonds is 5. The summed E-state index contributed by atoms with van der Waals surface area (Å²) >= 11 is 6.14. The number of nitrogens with one attached hydrogen (secondary N) is 1. The predicted molar refractivity (Wildman–Crippen MR) is 118 cm³/mol. The number of hydrogen-bond acceptors (Lipinski definition) is 3. The number of halogens is 1. The van der Waals surface area contributed by atoms with Gasteiger partial charge in [-0.15, -0.1) is 0 Å². The van der Waals surface area contributed by atoms with Crippen LogP contribution < -0.4 is 10.2 Å². The van der Waals surface area contributed by atoms with Crippen LogP contribution in [0.2, 0.25) is 5.02 Å². The summed E-state index contributed by atoms with van der Waals surface area (Å²) in [6.07, 6.45) is 9.41. The molecule has 1 aliphatic rings. The molecular formula is C22H24ClN5. The van der Waals surface area contributed by atoms with Crippen LogP contribution in [0, 0.1) is 0 Å². The zero-order valence-corrected chi connectivity index (χ0v) is 16.7. The lowest BCUT2D eigenvalue weighted by Crippen LogP contribution is -2.28. The number of anilines is 1. The standard InChI is InChI=1S/C22H24ClN5/c1-3-24-15-27(2)22-21(16-8-11-25-12-9-16)19-10-13-26-14-20(19)28(22)18-6-4-17(23)5-7-18/h3-7,10,13-16,25H,1,8-9,11-12H2,2H3. The Bertz CT molecular complexity index is 1000. The Hall–Kier alpha value is -2.63. The molecule has 28 heavy (non-hydrogen) atoms. The molecule has 0 atom stereocenters. The van der Waals surface area contributed by atoms with Gasteiger partial charge >= 0.3 is 0 Å². The number of piperidine rings is 1. The third kappa shape index (κ3) is 3.43. The van der Waals surface area contributed by atoms with Crippen molar-refractivity contribution in [2.75, 3.05) is 25.0 Å². The Morgan fingerprint density at radius 3 is 2.71 bits per heavy atom. The van der Waals surface area contributed by atoms with Crippen molar-refractivity contribution in [1.29, 1.82) is 0 Å². The summed E-state index contributed by atoms with van der Waals surface area (Å²) in [6, 6.07) is 10.1. The third-order valence-electron chi connectivity index (χ3n) is 5.30. The molecule has 2 aromatic heterocycles. The van der Waals surface area contributed by atoms with Gasteiger partial charge in [0.15, 0.2) is 0 Å². The van der Waals surface area contributed by atoms with Crippen molar-refractivity contribution in [3.8, 4) is 5.69 Å². The van der Waals surface area contributed by atoms with E-state index in [1.165, 1.54) is 10.9 Å². The second-order valence-corrected chi connectivity index (χ2v) is 7.46. The number of aliphatic imine (C=N–C) groups is 1. The second-order valence-electron chi connectivity index (χ2n) is 7.02. The molecule has 4 rings (SSSR count). The molecule has 0 aliphatic carbocycles. The molecule has 6 heteroatoms. The highest BCUT2D eigenvalue weighted by atomic mass is 35.5. The SMILES string of the molecule is C=CN=CN(C)c1c(C2CCNCC2)c2ccncc2n1-c1ccc(Cl)cc1. The smallest absolute Gasteiger partial charge is 0.122 e. The van der Waals surface area contributed by atoms with Crippen molar-refractivity contribution in [1.82, 2.24) is 14.9 Å². The van der Waals surface area contributed by atoms with Gasteiger partial charge in [-0.25, -0.2) is 4.99 Å². The number of aromatic nitrogens is 2. The summed E-state index contributed by atoms with van der Waals surface area (Å²) < 4.78 is 2.26. The molecule has 3 heterocycles. The van der Waals surface area contributed by atoms with Crippen molar-refractivity contribution >= 4 is 34.7 Å². The van der Waals surface area contributed by atoms with Crippen molar-refractivity contribution in [3.05, 3.63) is 66.1 Å². The molecule has 1 aliphatic heterocycles. The van der Waals surface area contributed by atoms with Gasteiger partial charge in [0.2, 0.25) is 0 Å². The molecular weight excluding hydrogens is 370 g/mol. The van der Waals surface area contributed by atoms with Gasteiger partial charge in [-0.2, -0.15) is 0 Å². The van der Waals surface area contributed by atoms with Crippen molar-refractivity contribution < 1.29 is 0 Å². The Kier molecular flexibility index (Phi) is 5.46. The molecule has 1 fully saturated rings. The molecule has 0 saturated carbocycles. The average molecular weight is 394 g/mol. The highest BCUT2D eigenvalue weighted by molar-refractivity contribution is 6.30. The maximum atomic E-state index is 6.14. The summed E-state index contributed by atoms with van der Waals surface area (Å²) in [6.45, 7) is 5.78. The Morgan fingerprint density at radius 2 is 2.00 bits per heavy atom. The zero-order valence-electron chi connectivity index (χ0n) is 16.0. The lowest BCUT2D eigenvalue weighted by atomic mass is 9.89. The molecule has 1 aromatic carbocycles. The van der Waals surface area contributed by atoms with E-state index in [0.29, 0.717) is 5.92 Å². The summed E-state index contributed by atoms with van der Waals surface area (Å²) in [7, 11) is 2.03. The van der Waals surface area contributed by atoms with Gasteiger partial charge < -0.3 is 10.2 Å². The van der Waals surface area contributed by atoms with Crippen LogP contribution in [0.1, 0.15) is 24.3 Å². The normalized spacial score (nSPS) is 15.4. The number of fused-ring (bicyclic) bond motifs is 1. The monoisotopic (exact) mass is 393 g/mol. The molecule has 0 bridgehead atoms. The van der Waals surface area contributed by atoms with Gasteiger partial charge in [0.05, 0.1) is 18.1 Å². The largest absolute Gasteiger partial charge is 0.321 e. The van der Waals surface area contributed by atoms with Gasteiger partial charge in [-0.1, -0.05) is 18.2 Å². The van der Waals surface area contributed by atoms with Crippen molar-refractivity contribution in [3.63, 3.8) is 0 Å². The van der Waals surface area contributed by atoms with E-state index < -0.39 is 0 Å². The van der Waals surface area contributed by atoms with Gasteiger partial charge in [-0.05, 0) is 62.2 Å². The maximum absolute atomic E-state index is 6.14. The fraction of sp³-hybridized carbons (Fsp3) is 0.273. The van der Waals surface area contributed by atoms with E-state index in [-0.39, 0.29) is 0 Å². The lowest BCUT2D eigenvalue weighted by Gasteiger charge is -2.26. The zero-order chi connectivity index (χ0) is 19.5. The highest BCUT2D eigenvalue weighted by Gasteiger charge is 2.27. The van der Waals surface area contributed by atoms with E-state index in [2.05, 4.69) is 37.4 Å². The average Bonchev–Trinajstić information content (AvgIpc) is 3.08. The van der Waals surface area contributed by atoms with E-state index in [9.17, 15) is 0 Å². The molecule has 3 aromatic rings. The number of benzene rings is 1. The maximum Gasteiger partial charge on any atom is 0.122 e. The van der Waals surface area contributed by atoms with Crippen molar-refractivity contribution in [2.24, 2.45) is 4.99 Å². The number of nitrogens with zero attached hydrogens (tertiary/aromatic N) is 4. The van der Waals surface area contributed by atoms with Crippen LogP contribution in [0.25, 0.3) is 16.6 Å². The fourth-order valence-electron chi connectivity index (χ4n) is 4.06. The molecule has 0 unspecified atom stereocenters. The first-order valence-electron chi connectivity index (χ1n) is 9.52. The minimum atomic E-state index is 0.481. The van der Waals surface area contributed by atoms with Crippen molar-refractivity contribution in [2.45, 2.75) is 18.8 Å². The fourth-order valence-corrected chi connectivity index (χ4v) is 4.19. The first-order chi connectivity index (χ1) is 13.7. The summed E-state index contributed by atoms with van der Waals surface area (Å²) in [4.78, 5) is 10.7. The Balaban J connectivity index is 2.01. The first-order valence-corrected chi connectivity index (χ1v) is 9.90. The highest BCUT2D eigenvalue weighted by Crippen LogP contribution is 2.42. The number of pyridine rings is 1. The summed E-state index contributed by atoms with van der Waals surface area (Å²) in [5, 5.41) is 5.44. The number of hydrogen-bond donors (Lipinski definition) is 1. The van der Waals surface area contributed by atoms with Crippen LogP contribution in [0.4, 0.5) is 5.82 Å². The second kappa shape index (κ2) is 8.17. The quantitative estimate of drug-likeness (QED) is 0.502. The van der Waals surface area contributed by atoms with E-state index in [4.69, 9.17) is 11.6 Å². The van der Waals surface area contributed by atoms with E-state index in [1.807, 2.05) is 50.0 Å². The van der Waals surface area contributed by atoms with Gasteiger partial charge in [0.1, 0.15) is 5.82 Å². The van der Waals surface area contributed by atoms with Crippen LogP contribution in [0.3, 0.4) is 0 Å². The van der Waals surface area contributed by atoms with E-state index >= 15 is 0 Å². The Morgan fingerprint density at radius 1 is 1.25 bits per heavy atom. The summed E-state index contributed by atoms with van der Waals surface area (Å²) in [5.41, 5.74) is 3.50. The molecule has 1 saturated heterocycles. The van der Waals surface area contributed by atoms with Gasteiger partial charge in [0, 0.05) is 41.1 Å². The van der Waals surface area contributed by atoms with Crippen LogP contribution in [0.15, 0.2) is 60.5 Å². The molecule has 5 nitrogen and oxygen atoms in total. The van der Waals surface area contributed by atoms with E-state index in [0.717, 1.165) is 48.0 Å². The Labute approximate surface area is 170 Å². The third-order valence-corrected chi connectivity index (χ3v) is 5.55. The van der Waals surface area contributed by atoms with Crippen LogP contribution in [-0.4, -0.2) is 36.0 Å². The topological polar surface area (TPSA) is 45.4 Å². The molecule has 0 amide bonds. The summed E-state index contributed by atoms with van der Waals surface area (Å²) in [5.74, 6) is 1.59. The minimum Gasteiger partial charge on any atom is -0.321 e. The van der Waals surface area contributed by atoms with Crippen LogP contribution >= 0.6 is 11.6 Å². The van der Waals surface area contributed by atoms with Gasteiger partial charge in [-0.3, -0.25) is 9.55 Å². The molecule has 0 radical (unpaired) electrons. The molecule has 1 N–H and O–H groups in total. The van der Waals surface area contributed by atoms with Gasteiger partial charge in [0.25, 0.3) is 0 Å². The molecule has 0 spiro atoms. The van der Waals surface area contributed by atoms with E-state index in [1.54, 1.807) is 6.20 Å².